The van der Waals surface area contributed by atoms with Gasteiger partial charge in [-0.2, -0.15) is 0 Å². The molecule has 0 fully saturated rings. The smallest absolute Gasteiger partial charge is 0.225 e. The number of hydrogen-bond acceptors (Lipinski definition) is 3. The highest BCUT2D eigenvalue weighted by Gasteiger charge is 2.23. The van der Waals surface area contributed by atoms with Crippen LogP contribution in [0.1, 0.15) is 37.1 Å². The molecule has 1 amide bonds. The second kappa shape index (κ2) is 6.99. The number of aromatic nitrogens is 1. The maximum absolute atomic E-state index is 12.3. The first kappa shape index (κ1) is 15.2. The number of amides is 1. The van der Waals surface area contributed by atoms with Crippen LogP contribution in [0.4, 0.5) is 0 Å². The van der Waals surface area contributed by atoms with Crippen molar-refractivity contribution in [3.05, 3.63) is 66.0 Å². The lowest BCUT2D eigenvalue weighted by molar-refractivity contribution is -0.125. The van der Waals surface area contributed by atoms with E-state index in [1.807, 2.05) is 56.3 Å². The Bertz CT molecular complexity index is 571. The van der Waals surface area contributed by atoms with Crippen molar-refractivity contribution in [3.8, 4) is 0 Å². The Kier molecular flexibility index (Phi) is 5.06. The summed E-state index contributed by atoms with van der Waals surface area (Å²) in [5.41, 5.74) is 8.18. The number of nitrogens with two attached hydrogens (primary N) is 1. The average molecular weight is 283 g/mol. The largest absolute Gasteiger partial charge is 0.349 e. The zero-order valence-electron chi connectivity index (χ0n) is 12.4. The van der Waals surface area contributed by atoms with Crippen molar-refractivity contribution in [2.24, 2.45) is 11.7 Å². The van der Waals surface area contributed by atoms with Crippen LogP contribution >= 0.6 is 0 Å². The van der Waals surface area contributed by atoms with Gasteiger partial charge in [-0.05, 0) is 30.2 Å². The molecule has 4 nitrogen and oxygen atoms in total. The molecule has 1 aromatic carbocycles. The van der Waals surface area contributed by atoms with Crippen LogP contribution in [0.15, 0.2) is 54.9 Å². The minimum atomic E-state index is -0.309. The van der Waals surface area contributed by atoms with Gasteiger partial charge >= 0.3 is 0 Å². The molecule has 0 radical (unpaired) electrons. The van der Waals surface area contributed by atoms with Crippen LogP contribution in [0.2, 0.25) is 0 Å². The van der Waals surface area contributed by atoms with Gasteiger partial charge in [0.25, 0.3) is 0 Å². The monoisotopic (exact) mass is 283 g/mol. The van der Waals surface area contributed by atoms with Gasteiger partial charge in [0.15, 0.2) is 0 Å². The molecular formula is C17H21N3O. The minimum absolute atomic E-state index is 0.0457. The van der Waals surface area contributed by atoms with Gasteiger partial charge in [0.05, 0.1) is 12.0 Å². The second-order valence-corrected chi connectivity index (χ2v) is 5.24. The molecule has 0 aliphatic carbocycles. The number of rotatable bonds is 5. The zero-order valence-corrected chi connectivity index (χ0v) is 12.4. The van der Waals surface area contributed by atoms with Crippen molar-refractivity contribution in [3.63, 3.8) is 0 Å². The summed E-state index contributed by atoms with van der Waals surface area (Å²) in [6.45, 7) is 3.81. The summed E-state index contributed by atoms with van der Waals surface area (Å²) in [7, 11) is 0. The number of nitrogens with one attached hydrogen (secondary N) is 1. The van der Waals surface area contributed by atoms with Gasteiger partial charge in [-0.25, -0.2) is 0 Å². The third-order valence-electron chi connectivity index (χ3n) is 3.70. The third kappa shape index (κ3) is 3.89. The van der Waals surface area contributed by atoms with Crippen molar-refractivity contribution >= 4 is 5.91 Å². The first-order valence-corrected chi connectivity index (χ1v) is 7.10. The Morgan fingerprint density at radius 1 is 1.05 bits per heavy atom. The highest BCUT2D eigenvalue weighted by Crippen LogP contribution is 2.20. The first-order valence-electron chi connectivity index (χ1n) is 7.10. The molecule has 1 heterocycles. The van der Waals surface area contributed by atoms with E-state index in [4.69, 9.17) is 5.73 Å². The molecule has 2 rings (SSSR count). The van der Waals surface area contributed by atoms with Crippen LogP contribution in [-0.4, -0.2) is 10.9 Å². The summed E-state index contributed by atoms with van der Waals surface area (Å²) in [5.74, 6) is -0.340. The van der Waals surface area contributed by atoms with Gasteiger partial charge in [-0.1, -0.05) is 37.3 Å². The molecule has 0 saturated heterocycles. The van der Waals surface area contributed by atoms with Gasteiger partial charge in [0.1, 0.15) is 0 Å². The van der Waals surface area contributed by atoms with Crippen molar-refractivity contribution in [1.82, 2.24) is 10.3 Å². The van der Waals surface area contributed by atoms with Gasteiger partial charge in [0.2, 0.25) is 5.91 Å². The number of benzene rings is 1. The quantitative estimate of drug-likeness (QED) is 0.886. The number of nitrogens with zero attached hydrogens (tertiary/aromatic N) is 1. The van der Waals surface area contributed by atoms with Gasteiger partial charge in [-0.15, -0.1) is 0 Å². The van der Waals surface area contributed by atoms with Crippen molar-refractivity contribution < 1.29 is 4.79 Å². The molecule has 21 heavy (non-hydrogen) atoms. The number of hydrogen-bond donors (Lipinski definition) is 2. The fourth-order valence-corrected chi connectivity index (χ4v) is 2.21. The lowest BCUT2D eigenvalue weighted by atomic mass is 9.94. The van der Waals surface area contributed by atoms with Gasteiger partial charge in [-0.3, -0.25) is 9.78 Å². The van der Waals surface area contributed by atoms with Crippen LogP contribution < -0.4 is 11.1 Å². The molecule has 4 heteroatoms. The zero-order chi connectivity index (χ0) is 15.2. The number of carbonyl (C=O) groups is 1. The maximum atomic E-state index is 12.3. The Labute approximate surface area is 125 Å². The molecule has 2 unspecified atom stereocenters. The Morgan fingerprint density at radius 3 is 2.29 bits per heavy atom. The summed E-state index contributed by atoms with van der Waals surface area (Å²) < 4.78 is 0. The molecule has 2 aromatic rings. The summed E-state index contributed by atoms with van der Waals surface area (Å²) in [6, 6.07) is 13.1. The van der Waals surface area contributed by atoms with Gasteiger partial charge < -0.3 is 11.1 Å². The molecule has 0 saturated carbocycles. The fourth-order valence-electron chi connectivity index (χ4n) is 2.21. The van der Waals surface area contributed by atoms with Crippen LogP contribution in [0, 0.1) is 5.92 Å². The number of carbonyl (C=O) groups excluding carboxylic acids is 1. The van der Waals surface area contributed by atoms with Crippen molar-refractivity contribution in [2.45, 2.75) is 25.9 Å². The normalized spacial score (nSPS) is 15.0. The van der Waals surface area contributed by atoms with E-state index >= 15 is 0 Å². The highest BCUT2D eigenvalue weighted by atomic mass is 16.1. The standard InChI is InChI=1S/C17H21N3O/c1-12(16(18)15-6-4-3-5-7-15)17(21)20-13(2)14-8-10-19-11-9-14/h3-13,16H,18H2,1-2H3,(H,20,21)/t12?,13-,16?/m0/s1. The summed E-state index contributed by atoms with van der Waals surface area (Å²) in [5, 5.41) is 3.00. The van der Waals surface area contributed by atoms with Gasteiger partial charge in [0, 0.05) is 18.4 Å². The highest BCUT2D eigenvalue weighted by molar-refractivity contribution is 5.79. The van der Waals surface area contributed by atoms with E-state index in [2.05, 4.69) is 10.3 Å². The minimum Gasteiger partial charge on any atom is -0.349 e. The lowest BCUT2D eigenvalue weighted by Crippen LogP contribution is -2.36. The van der Waals surface area contributed by atoms with Crippen LogP contribution in [0.5, 0.6) is 0 Å². The topological polar surface area (TPSA) is 68.0 Å². The van der Waals surface area contributed by atoms with Crippen LogP contribution in [0.3, 0.4) is 0 Å². The average Bonchev–Trinajstić information content (AvgIpc) is 2.55. The molecule has 0 aliphatic rings. The molecular weight excluding hydrogens is 262 g/mol. The van der Waals surface area contributed by atoms with E-state index in [0.29, 0.717) is 0 Å². The molecule has 0 spiro atoms. The summed E-state index contributed by atoms with van der Waals surface area (Å²) in [4.78, 5) is 16.3. The summed E-state index contributed by atoms with van der Waals surface area (Å²) in [6.07, 6.45) is 3.44. The predicted molar refractivity (Wildman–Crippen MR) is 83.3 cm³/mol. The maximum Gasteiger partial charge on any atom is 0.225 e. The van der Waals surface area contributed by atoms with E-state index < -0.39 is 0 Å². The Morgan fingerprint density at radius 2 is 1.67 bits per heavy atom. The SMILES string of the molecule is CC(C(=O)N[C@@H](C)c1ccncc1)C(N)c1ccccc1. The molecule has 110 valence electrons. The van der Waals surface area contributed by atoms with E-state index in [-0.39, 0.29) is 23.9 Å². The second-order valence-electron chi connectivity index (χ2n) is 5.24. The fraction of sp³-hybridized carbons (Fsp3) is 0.294. The molecule has 3 atom stereocenters. The van der Waals surface area contributed by atoms with Crippen molar-refractivity contribution in [2.75, 3.05) is 0 Å². The number of pyridine rings is 1. The molecule has 0 aliphatic heterocycles. The molecule has 3 N–H and O–H groups in total. The Balaban J connectivity index is 2.00. The molecule has 1 aromatic heterocycles. The van der Waals surface area contributed by atoms with E-state index in [1.54, 1.807) is 12.4 Å². The van der Waals surface area contributed by atoms with Crippen LogP contribution in [0.25, 0.3) is 0 Å². The van der Waals surface area contributed by atoms with E-state index in [0.717, 1.165) is 11.1 Å². The lowest BCUT2D eigenvalue weighted by Gasteiger charge is -2.22. The Hall–Kier alpha value is -2.20. The first-order chi connectivity index (χ1) is 10.1. The molecule has 0 bridgehead atoms. The van der Waals surface area contributed by atoms with E-state index in [1.165, 1.54) is 0 Å². The van der Waals surface area contributed by atoms with E-state index in [9.17, 15) is 4.79 Å². The van der Waals surface area contributed by atoms with Crippen LogP contribution in [-0.2, 0) is 4.79 Å². The van der Waals surface area contributed by atoms with Crippen molar-refractivity contribution in [1.29, 1.82) is 0 Å². The predicted octanol–water partition coefficient (Wildman–Crippen LogP) is 2.59. The summed E-state index contributed by atoms with van der Waals surface area (Å²) >= 11 is 0. The third-order valence-corrected chi connectivity index (χ3v) is 3.70.